The second-order valence-corrected chi connectivity index (χ2v) is 3.22. The molecule has 0 saturated carbocycles. The first-order valence-corrected chi connectivity index (χ1v) is 4.34. The summed E-state index contributed by atoms with van der Waals surface area (Å²) in [6, 6.07) is 6.26. The molecule has 0 unspecified atom stereocenters. The van der Waals surface area contributed by atoms with Gasteiger partial charge in [-0.2, -0.15) is 0 Å². The quantitative estimate of drug-likeness (QED) is 0.714. The van der Waals surface area contributed by atoms with Gasteiger partial charge in [0, 0.05) is 24.3 Å². The fraction of sp³-hybridized carbons (Fsp3) is 0.182. The maximum absolute atomic E-state index is 5.66. The number of nitrogens with zero attached hydrogens (tertiary/aromatic N) is 1. The maximum atomic E-state index is 5.66. The number of aromatic nitrogens is 1. The molecule has 0 radical (unpaired) electrons. The van der Waals surface area contributed by atoms with E-state index >= 15 is 0 Å². The number of pyridine rings is 1. The van der Waals surface area contributed by atoms with Gasteiger partial charge in [0.05, 0.1) is 0 Å². The van der Waals surface area contributed by atoms with Crippen molar-refractivity contribution in [1.29, 1.82) is 0 Å². The monoisotopic (exact) mass is 172 g/mol. The van der Waals surface area contributed by atoms with Crippen molar-refractivity contribution < 1.29 is 0 Å². The molecule has 0 fully saturated rings. The van der Waals surface area contributed by atoms with Crippen LogP contribution in [-0.2, 0) is 6.54 Å². The lowest BCUT2D eigenvalue weighted by Gasteiger charge is -2.04. The first-order valence-electron chi connectivity index (χ1n) is 4.34. The Kier molecular flexibility index (Phi) is 1.99. The van der Waals surface area contributed by atoms with Crippen LogP contribution in [0.3, 0.4) is 0 Å². The molecule has 1 aromatic carbocycles. The number of nitrogens with two attached hydrogens (primary N) is 1. The summed E-state index contributed by atoms with van der Waals surface area (Å²) in [5, 5.41) is 2.38. The minimum Gasteiger partial charge on any atom is -0.326 e. The van der Waals surface area contributed by atoms with Crippen LogP contribution in [0.4, 0.5) is 0 Å². The van der Waals surface area contributed by atoms with Crippen LogP contribution < -0.4 is 5.73 Å². The molecule has 0 spiro atoms. The second-order valence-electron chi connectivity index (χ2n) is 3.22. The normalized spacial score (nSPS) is 10.6. The van der Waals surface area contributed by atoms with Crippen molar-refractivity contribution >= 4 is 10.8 Å². The van der Waals surface area contributed by atoms with E-state index in [0.29, 0.717) is 6.54 Å². The zero-order chi connectivity index (χ0) is 9.26. The summed E-state index contributed by atoms with van der Waals surface area (Å²) >= 11 is 0. The van der Waals surface area contributed by atoms with Crippen molar-refractivity contribution in [2.24, 2.45) is 5.73 Å². The van der Waals surface area contributed by atoms with Gasteiger partial charge in [-0.1, -0.05) is 11.6 Å². The van der Waals surface area contributed by atoms with E-state index < -0.39 is 0 Å². The van der Waals surface area contributed by atoms with Crippen LogP contribution in [0.5, 0.6) is 0 Å². The highest BCUT2D eigenvalue weighted by Gasteiger charge is 1.99. The topological polar surface area (TPSA) is 38.9 Å². The largest absolute Gasteiger partial charge is 0.326 e. The Morgan fingerprint density at radius 1 is 1.38 bits per heavy atom. The summed E-state index contributed by atoms with van der Waals surface area (Å²) in [6.45, 7) is 2.66. The summed E-state index contributed by atoms with van der Waals surface area (Å²) in [5.41, 5.74) is 8.09. The number of aryl methyl sites for hydroxylation is 1. The molecule has 0 amide bonds. The highest BCUT2D eigenvalue weighted by molar-refractivity contribution is 5.85. The molecule has 0 aliphatic carbocycles. The third-order valence-electron chi connectivity index (χ3n) is 2.20. The lowest BCUT2D eigenvalue weighted by molar-refractivity contribution is 1.08. The van der Waals surface area contributed by atoms with Gasteiger partial charge < -0.3 is 5.73 Å². The van der Waals surface area contributed by atoms with E-state index in [1.807, 2.05) is 12.3 Å². The first-order chi connectivity index (χ1) is 6.31. The SMILES string of the molecule is Cc1cc(CN)c2ccncc2c1. The maximum Gasteiger partial charge on any atom is 0.0346 e. The van der Waals surface area contributed by atoms with E-state index in [0.717, 1.165) is 0 Å². The molecule has 2 aromatic rings. The molecule has 1 aromatic heterocycles. The molecule has 0 bridgehead atoms. The fourth-order valence-electron chi connectivity index (χ4n) is 1.62. The van der Waals surface area contributed by atoms with Gasteiger partial charge in [0.25, 0.3) is 0 Å². The average Bonchev–Trinajstić information content (AvgIpc) is 2.16. The van der Waals surface area contributed by atoms with Crippen LogP contribution in [0, 0.1) is 6.92 Å². The van der Waals surface area contributed by atoms with Gasteiger partial charge in [-0.15, -0.1) is 0 Å². The Morgan fingerprint density at radius 3 is 3.00 bits per heavy atom. The standard InChI is InChI=1S/C11H12N2/c1-8-4-9(6-12)11-2-3-13-7-10(11)5-8/h2-5,7H,6,12H2,1H3. The van der Waals surface area contributed by atoms with Crippen molar-refractivity contribution in [3.8, 4) is 0 Å². The molecule has 1 heterocycles. The third-order valence-corrected chi connectivity index (χ3v) is 2.20. The van der Waals surface area contributed by atoms with Crippen molar-refractivity contribution in [3.05, 3.63) is 41.7 Å². The summed E-state index contributed by atoms with van der Waals surface area (Å²) < 4.78 is 0. The zero-order valence-corrected chi connectivity index (χ0v) is 7.62. The van der Waals surface area contributed by atoms with E-state index in [-0.39, 0.29) is 0 Å². The highest BCUT2D eigenvalue weighted by atomic mass is 14.6. The van der Waals surface area contributed by atoms with Gasteiger partial charge >= 0.3 is 0 Å². The van der Waals surface area contributed by atoms with E-state index in [2.05, 4.69) is 24.0 Å². The molecule has 2 N–H and O–H groups in total. The summed E-state index contributed by atoms with van der Waals surface area (Å²) in [5.74, 6) is 0. The average molecular weight is 172 g/mol. The van der Waals surface area contributed by atoms with Gasteiger partial charge in [0.15, 0.2) is 0 Å². The lowest BCUT2D eigenvalue weighted by atomic mass is 10.0. The minimum atomic E-state index is 0.586. The fourth-order valence-corrected chi connectivity index (χ4v) is 1.62. The van der Waals surface area contributed by atoms with E-state index in [4.69, 9.17) is 5.73 Å². The Labute approximate surface area is 77.4 Å². The summed E-state index contributed by atoms with van der Waals surface area (Å²) in [4.78, 5) is 4.09. The molecule has 0 saturated heterocycles. The van der Waals surface area contributed by atoms with Crippen LogP contribution in [0.15, 0.2) is 30.6 Å². The van der Waals surface area contributed by atoms with E-state index in [9.17, 15) is 0 Å². The van der Waals surface area contributed by atoms with Gasteiger partial charge in [-0.25, -0.2) is 0 Å². The molecule has 0 aliphatic rings. The van der Waals surface area contributed by atoms with Crippen LogP contribution in [0.1, 0.15) is 11.1 Å². The molecular formula is C11H12N2. The molecule has 66 valence electrons. The minimum absolute atomic E-state index is 0.586. The summed E-state index contributed by atoms with van der Waals surface area (Å²) in [7, 11) is 0. The van der Waals surface area contributed by atoms with Gasteiger partial charge in [0.1, 0.15) is 0 Å². The Morgan fingerprint density at radius 2 is 2.23 bits per heavy atom. The number of hydrogen-bond donors (Lipinski definition) is 1. The Bertz CT molecular complexity index is 435. The highest BCUT2D eigenvalue weighted by Crippen LogP contribution is 2.19. The number of fused-ring (bicyclic) bond motifs is 1. The number of hydrogen-bond acceptors (Lipinski definition) is 2. The van der Waals surface area contributed by atoms with E-state index in [1.165, 1.54) is 21.9 Å². The molecule has 13 heavy (non-hydrogen) atoms. The van der Waals surface area contributed by atoms with Crippen molar-refractivity contribution in [3.63, 3.8) is 0 Å². The van der Waals surface area contributed by atoms with Gasteiger partial charge in [0.2, 0.25) is 0 Å². The van der Waals surface area contributed by atoms with Crippen LogP contribution in [0.2, 0.25) is 0 Å². The van der Waals surface area contributed by atoms with Crippen LogP contribution in [0.25, 0.3) is 10.8 Å². The Balaban J connectivity index is 2.81. The lowest BCUT2D eigenvalue weighted by Crippen LogP contribution is -1.97. The molecule has 0 atom stereocenters. The predicted octanol–water partition coefficient (Wildman–Crippen LogP) is 2.00. The number of rotatable bonds is 1. The predicted molar refractivity (Wildman–Crippen MR) is 54.4 cm³/mol. The second kappa shape index (κ2) is 3.15. The van der Waals surface area contributed by atoms with Gasteiger partial charge in [-0.05, 0) is 30.0 Å². The van der Waals surface area contributed by atoms with Crippen LogP contribution >= 0.6 is 0 Å². The molecule has 2 rings (SSSR count). The Hall–Kier alpha value is -1.41. The zero-order valence-electron chi connectivity index (χ0n) is 7.62. The molecule has 0 aliphatic heterocycles. The van der Waals surface area contributed by atoms with Gasteiger partial charge in [-0.3, -0.25) is 4.98 Å². The van der Waals surface area contributed by atoms with Crippen molar-refractivity contribution in [2.45, 2.75) is 13.5 Å². The molecular weight excluding hydrogens is 160 g/mol. The first kappa shape index (κ1) is 8.20. The molecule has 2 heteroatoms. The molecule has 2 nitrogen and oxygen atoms in total. The smallest absolute Gasteiger partial charge is 0.0346 e. The number of benzene rings is 1. The van der Waals surface area contributed by atoms with Crippen LogP contribution in [-0.4, -0.2) is 4.98 Å². The summed E-state index contributed by atoms with van der Waals surface area (Å²) in [6.07, 6.45) is 3.68. The third kappa shape index (κ3) is 1.40. The van der Waals surface area contributed by atoms with E-state index in [1.54, 1.807) is 6.20 Å². The van der Waals surface area contributed by atoms with Crippen molar-refractivity contribution in [1.82, 2.24) is 4.98 Å². The van der Waals surface area contributed by atoms with Crippen molar-refractivity contribution in [2.75, 3.05) is 0 Å².